The van der Waals surface area contributed by atoms with Gasteiger partial charge in [-0.3, -0.25) is 14.6 Å². The molecule has 0 aromatic heterocycles. The van der Waals surface area contributed by atoms with E-state index in [9.17, 15) is 14.4 Å². The first-order valence-corrected chi connectivity index (χ1v) is 9.73. The summed E-state index contributed by atoms with van der Waals surface area (Å²) in [5, 5.41) is 10.5. The molecule has 0 spiro atoms. The number of nitriles is 1. The minimum atomic E-state index is -0.322. The van der Waals surface area contributed by atoms with E-state index < -0.39 is 0 Å². The molecule has 1 unspecified atom stereocenters. The zero-order valence-electron chi connectivity index (χ0n) is 14.6. The first-order valence-electron chi connectivity index (χ1n) is 8.75. The van der Waals surface area contributed by atoms with Crippen molar-refractivity contribution in [2.75, 3.05) is 12.5 Å². The number of benzene rings is 2. The molecule has 0 N–H and O–H groups in total. The minimum absolute atomic E-state index is 0.00332. The fraction of sp³-hybridized carbons (Fsp3) is 0.238. The number of hydrogen-bond donors (Lipinski definition) is 0. The molecule has 2 aromatic rings. The van der Waals surface area contributed by atoms with Crippen molar-refractivity contribution in [3.63, 3.8) is 0 Å². The maximum Gasteiger partial charge on any atom is 0.229 e. The second-order valence-corrected chi connectivity index (χ2v) is 7.62. The van der Waals surface area contributed by atoms with Crippen molar-refractivity contribution >= 4 is 17.7 Å². The molecule has 2 aliphatic heterocycles. The van der Waals surface area contributed by atoms with Crippen molar-refractivity contribution in [1.82, 2.24) is 9.80 Å². The summed E-state index contributed by atoms with van der Waals surface area (Å²) in [6, 6.07) is 18.5. The molecule has 4 nitrogen and oxygen atoms in total. The number of rotatable bonds is 3. The lowest BCUT2D eigenvalue weighted by atomic mass is 9.86. The monoisotopic (exact) mass is 379 g/mol. The number of carbonyl (C=O) groups excluding carboxylic acids is 1. The number of carbonyl (C=O) groups is 1. The normalized spacial score (nSPS) is 20.4. The molecule has 2 heterocycles. The molecular formula is C21H18FN3OS. The van der Waals surface area contributed by atoms with Gasteiger partial charge in [0.15, 0.2) is 0 Å². The molecule has 0 bridgehead atoms. The van der Waals surface area contributed by atoms with Gasteiger partial charge in [-0.1, -0.05) is 54.2 Å². The van der Waals surface area contributed by atoms with Crippen LogP contribution < -0.4 is 0 Å². The van der Waals surface area contributed by atoms with Crippen LogP contribution >= 0.6 is 11.8 Å². The van der Waals surface area contributed by atoms with Gasteiger partial charge in [0.2, 0.25) is 5.91 Å². The predicted octanol–water partition coefficient (Wildman–Crippen LogP) is 4.04. The molecule has 4 rings (SSSR count). The van der Waals surface area contributed by atoms with Crippen LogP contribution in [-0.4, -0.2) is 28.3 Å². The average molecular weight is 379 g/mol. The first-order chi connectivity index (χ1) is 13.2. The fourth-order valence-electron chi connectivity index (χ4n) is 3.53. The van der Waals surface area contributed by atoms with Crippen molar-refractivity contribution in [3.05, 3.63) is 82.1 Å². The van der Waals surface area contributed by atoms with Gasteiger partial charge < -0.3 is 0 Å². The highest BCUT2D eigenvalue weighted by atomic mass is 32.2. The molecule has 1 fully saturated rings. The Balaban J connectivity index is 1.59. The number of allylic oxidation sites excluding steroid dienone is 1. The van der Waals surface area contributed by atoms with E-state index in [1.54, 1.807) is 17.0 Å². The van der Waals surface area contributed by atoms with Crippen LogP contribution in [0.25, 0.3) is 0 Å². The topological polar surface area (TPSA) is 47.3 Å². The molecule has 0 saturated carbocycles. The zero-order valence-corrected chi connectivity index (χ0v) is 15.5. The van der Waals surface area contributed by atoms with Crippen molar-refractivity contribution in [2.45, 2.75) is 18.9 Å². The Kier molecular flexibility index (Phi) is 4.97. The van der Waals surface area contributed by atoms with Crippen LogP contribution in [0.5, 0.6) is 0 Å². The second-order valence-electron chi connectivity index (χ2n) is 6.69. The molecule has 6 heteroatoms. The van der Waals surface area contributed by atoms with Crippen molar-refractivity contribution in [1.29, 1.82) is 5.26 Å². The molecule has 2 aliphatic rings. The highest BCUT2D eigenvalue weighted by Gasteiger charge is 2.38. The summed E-state index contributed by atoms with van der Waals surface area (Å²) in [5.74, 6) is 0.0957. The number of amides is 1. The van der Waals surface area contributed by atoms with E-state index in [4.69, 9.17) is 0 Å². The van der Waals surface area contributed by atoms with Gasteiger partial charge in [0, 0.05) is 18.9 Å². The Morgan fingerprint density at radius 1 is 1.15 bits per heavy atom. The van der Waals surface area contributed by atoms with E-state index in [0.717, 1.165) is 23.0 Å². The molecule has 2 aromatic carbocycles. The standard InChI is InChI=1S/C21H18FN3OS/c22-17-8-6-16(7-9-17)18-10-20(26)25-13-24(12-15-4-2-1-3-5-15)14-27-21(25)19(18)11-23/h1-9,18H,10,12-14H2. The van der Waals surface area contributed by atoms with Gasteiger partial charge in [0.1, 0.15) is 5.82 Å². The fourth-order valence-corrected chi connectivity index (χ4v) is 4.67. The average Bonchev–Trinajstić information content (AvgIpc) is 2.69. The number of nitrogens with zero attached hydrogens (tertiary/aromatic N) is 3. The molecule has 1 saturated heterocycles. The minimum Gasteiger partial charge on any atom is -0.292 e. The predicted molar refractivity (Wildman–Crippen MR) is 103 cm³/mol. The second kappa shape index (κ2) is 7.55. The van der Waals surface area contributed by atoms with Gasteiger partial charge >= 0.3 is 0 Å². The van der Waals surface area contributed by atoms with Crippen LogP contribution in [0.15, 0.2) is 65.2 Å². The molecule has 27 heavy (non-hydrogen) atoms. The first kappa shape index (κ1) is 17.8. The Labute approximate surface area is 161 Å². The van der Waals surface area contributed by atoms with Gasteiger partial charge in [-0.15, -0.1) is 0 Å². The molecule has 0 radical (unpaired) electrons. The number of hydrogen-bond acceptors (Lipinski definition) is 4. The maximum atomic E-state index is 13.2. The van der Waals surface area contributed by atoms with Crippen molar-refractivity contribution in [3.8, 4) is 6.07 Å². The molecular weight excluding hydrogens is 361 g/mol. The summed E-state index contributed by atoms with van der Waals surface area (Å²) in [5.41, 5.74) is 2.60. The Morgan fingerprint density at radius 3 is 2.59 bits per heavy atom. The summed E-state index contributed by atoms with van der Waals surface area (Å²) in [6.45, 7) is 1.24. The highest BCUT2D eigenvalue weighted by molar-refractivity contribution is 8.03. The lowest BCUT2D eigenvalue weighted by molar-refractivity contribution is -0.131. The number of halogens is 1. The van der Waals surface area contributed by atoms with Gasteiger partial charge in [-0.05, 0) is 23.3 Å². The summed E-state index contributed by atoms with van der Waals surface area (Å²) in [7, 11) is 0. The molecule has 1 atom stereocenters. The van der Waals surface area contributed by atoms with Crippen LogP contribution in [0, 0.1) is 17.1 Å². The van der Waals surface area contributed by atoms with E-state index in [1.165, 1.54) is 29.5 Å². The van der Waals surface area contributed by atoms with Gasteiger partial charge in [-0.2, -0.15) is 5.26 Å². The van der Waals surface area contributed by atoms with Gasteiger partial charge in [-0.25, -0.2) is 4.39 Å². The Hall–Kier alpha value is -2.62. The Morgan fingerprint density at radius 2 is 1.89 bits per heavy atom. The molecule has 1 amide bonds. The SMILES string of the molecule is N#CC1=C2SCN(Cc3ccccc3)CN2C(=O)CC1c1ccc(F)cc1. The van der Waals surface area contributed by atoms with Crippen molar-refractivity contribution in [2.24, 2.45) is 0 Å². The van der Waals surface area contributed by atoms with Crippen LogP contribution in [0.3, 0.4) is 0 Å². The quantitative estimate of drug-likeness (QED) is 0.808. The molecule has 0 aliphatic carbocycles. The van der Waals surface area contributed by atoms with Crippen LogP contribution in [0.2, 0.25) is 0 Å². The third-order valence-corrected chi connectivity index (χ3v) is 6.08. The van der Waals surface area contributed by atoms with Gasteiger partial charge in [0.05, 0.1) is 29.2 Å². The Bertz CT molecular complexity index is 921. The number of fused-ring (bicyclic) bond motifs is 1. The van der Waals surface area contributed by atoms with E-state index >= 15 is 0 Å². The van der Waals surface area contributed by atoms with E-state index in [1.807, 2.05) is 18.2 Å². The third kappa shape index (κ3) is 3.61. The largest absolute Gasteiger partial charge is 0.292 e. The van der Waals surface area contributed by atoms with Crippen LogP contribution in [0.1, 0.15) is 23.5 Å². The van der Waals surface area contributed by atoms with E-state index in [0.29, 0.717) is 12.2 Å². The smallest absolute Gasteiger partial charge is 0.229 e. The van der Waals surface area contributed by atoms with Gasteiger partial charge in [0.25, 0.3) is 0 Å². The number of thioether (sulfide) groups is 1. The summed E-state index contributed by atoms with van der Waals surface area (Å²) in [6.07, 6.45) is 0.234. The van der Waals surface area contributed by atoms with E-state index in [-0.39, 0.29) is 24.1 Å². The molecule has 136 valence electrons. The van der Waals surface area contributed by atoms with Crippen LogP contribution in [0.4, 0.5) is 4.39 Å². The summed E-state index contributed by atoms with van der Waals surface area (Å²) >= 11 is 1.53. The summed E-state index contributed by atoms with van der Waals surface area (Å²) < 4.78 is 13.2. The highest BCUT2D eigenvalue weighted by Crippen LogP contribution is 2.42. The van der Waals surface area contributed by atoms with Crippen LogP contribution in [-0.2, 0) is 11.3 Å². The maximum absolute atomic E-state index is 13.2. The van der Waals surface area contributed by atoms with Crippen molar-refractivity contribution < 1.29 is 9.18 Å². The summed E-state index contributed by atoms with van der Waals surface area (Å²) in [4.78, 5) is 16.7. The lowest BCUT2D eigenvalue weighted by Crippen LogP contribution is -2.46. The lowest BCUT2D eigenvalue weighted by Gasteiger charge is -2.41. The van der Waals surface area contributed by atoms with E-state index in [2.05, 4.69) is 23.1 Å². The zero-order chi connectivity index (χ0) is 18.8. The third-order valence-electron chi connectivity index (χ3n) is 4.87.